The van der Waals surface area contributed by atoms with Gasteiger partial charge < -0.3 is 9.84 Å². The molecule has 88 valence electrons. The zero-order chi connectivity index (χ0) is 11.5. The molecule has 1 aliphatic heterocycles. The van der Waals surface area contributed by atoms with E-state index in [0.29, 0.717) is 0 Å². The Bertz CT molecular complexity index is 360. The number of para-hydroxylation sites is 1. The Kier molecular flexibility index (Phi) is 3.49. The van der Waals surface area contributed by atoms with Crippen LogP contribution >= 0.6 is 0 Å². The summed E-state index contributed by atoms with van der Waals surface area (Å²) >= 11 is 0. The summed E-state index contributed by atoms with van der Waals surface area (Å²) in [6.45, 7) is 4.95. The summed E-state index contributed by atoms with van der Waals surface area (Å²) in [5, 5.41) is 10.3. The SMILES string of the molecule is CCC(C)C(O)c1cccc2c1OCCC2. The Morgan fingerprint density at radius 2 is 2.25 bits per heavy atom. The molecule has 0 saturated heterocycles. The van der Waals surface area contributed by atoms with E-state index in [4.69, 9.17) is 4.74 Å². The first-order valence-electron chi connectivity index (χ1n) is 6.16. The van der Waals surface area contributed by atoms with Gasteiger partial charge in [-0.05, 0) is 24.3 Å². The minimum Gasteiger partial charge on any atom is -0.493 e. The van der Waals surface area contributed by atoms with Crippen LogP contribution in [-0.2, 0) is 6.42 Å². The second-order valence-electron chi connectivity index (χ2n) is 4.62. The molecule has 2 heteroatoms. The summed E-state index contributed by atoms with van der Waals surface area (Å²) in [6.07, 6.45) is 2.72. The lowest BCUT2D eigenvalue weighted by Gasteiger charge is -2.25. The number of aliphatic hydroxyl groups is 1. The lowest BCUT2D eigenvalue weighted by Crippen LogP contribution is -2.15. The molecule has 0 amide bonds. The number of fused-ring (bicyclic) bond motifs is 1. The van der Waals surface area contributed by atoms with Gasteiger partial charge in [-0.15, -0.1) is 0 Å². The van der Waals surface area contributed by atoms with Crippen LogP contribution in [0.4, 0.5) is 0 Å². The predicted molar refractivity (Wildman–Crippen MR) is 64.7 cm³/mol. The van der Waals surface area contributed by atoms with E-state index in [1.54, 1.807) is 0 Å². The zero-order valence-electron chi connectivity index (χ0n) is 10.1. The van der Waals surface area contributed by atoms with Crippen molar-refractivity contribution in [2.45, 2.75) is 39.2 Å². The Balaban J connectivity index is 2.33. The van der Waals surface area contributed by atoms with Crippen molar-refractivity contribution < 1.29 is 9.84 Å². The Morgan fingerprint density at radius 1 is 1.44 bits per heavy atom. The maximum Gasteiger partial charge on any atom is 0.128 e. The largest absolute Gasteiger partial charge is 0.493 e. The van der Waals surface area contributed by atoms with E-state index in [1.807, 2.05) is 12.1 Å². The van der Waals surface area contributed by atoms with Crippen LogP contribution in [0.2, 0.25) is 0 Å². The molecule has 1 heterocycles. The number of hydrogen-bond donors (Lipinski definition) is 1. The van der Waals surface area contributed by atoms with Crippen molar-refractivity contribution in [2.75, 3.05) is 6.61 Å². The highest BCUT2D eigenvalue weighted by molar-refractivity contribution is 5.44. The molecule has 1 aromatic carbocycles. The number of hydrogen-bond acceptors (Lipinski definition) is 2. The van der Waals surface area contributed by atoms with Gasteiger partial charge in [0.05, 0.1) is 12.7 Å². The molecule has 0 aromatic heterocycles. The summed E-state index contributed by atoms with van der Waals surface area (Å²) in [5.74, 6) is 1.21. The van der Waals surface area contributed by atoms with Crippen molar-refractivity contribution in [3.05, 3.63) is 29.3 Å². The van der Waals surface area contributed by atoms with Crippen molar-refractivity contribution in [1.29, 1.82) is 0 Å². The van der Waals surface area contributed by atoms with Gasteiger partial charge in [0.1, 0.15) is 5.75 Å². The highest BCUT2D eigenvalue weighted by Gasteiger charge is 2.22. The van der Waals surface area contributed by atoms with E-state index in [0.717, 1.165) is 37.2 Å². The molecule has 0 saturated carbocycles. The number of ether oxygens (including phenoxy) is 1. The van der Waals surface area contributed by atoms with E-state index >= 15 is 0 Å². The van der Waals surface area contributed by atoms with Gasteiger partial charge in [0.15, 0.2) is 0 Å². The molecular formula is C14H20O2. The van der Waals surface area contributed by atoms with Gasteiger partial charge in [0.2, 0.25) is 0 Å². The third kappa shape index (κ3) is 2.07. The molecule has 0 spiro atoms. The third-order valence-electron chi connectivity index (χ3n) is 3.47. The van der Waals surface area contributed by atoms with Crippen LogP contribution in [-0.4, -0.2) is 11.7 Å². The molecule has 0 aliphatic carbocycles. The molecule has 16 heavy (non-hydrogen) atoms. The molecule has 0 bridgehead atoms. The van der Waals surface area contributed by atoms with Gasteiger partial charge in [-0.3, -0.25) is 0 Å². The molecular weight excluding hydrogens is 200 g/mol. The third-order valence-corrected chi connectivity index (χ3v) is 3.47. The second kappa shape index (κ2) is 4.88. The maximum atomic E-state index is 10.3. The summed E-state index contributed by atoms with van der Waals surface area (Å²) in [7, 11) is 0. The molecule has 2 atom stereocenters. The van der Waals surface area contributed by atoms with Crippen molar-refractivity contribution in [2.24, 2.45) is 5.92 Å². The van der Waals surface area contributed by atoms with Gasteiger partial charge in [0, 0.05) is 5.56 Å². The molecule has 2 rings (SSSR count). The highest BCUT2D eigenvalue weighted by atomic mass is 16.5. The van der Waals surface area contributed by atoms with E-state index in [9.17, 15) is 5.11 Å². The summed E-state index contributed by atoms with van der Waals surface area (Å²) < 4.78 is 5.71. The van der Waals surface area contributed by atoms with Crippen LogP contribution in [0.1, 0.15) is 43.9 Å². The Morgan fingerprint density at radius 3 is 3.00 bits per heavy atom. The van der Waals surface area contributed by atoms with Crippen LogP contribution in [0, 0.1) is 5.92 Å². The maximum absolute atomic E-state index is 10.3. The molecule has 1 aliphatic rings. The first-order valence-corrected chi connectivity index (χ1v) is 6.16. The van der Waals surface area contributed by atoms with E-state index < -0.39 is 6.10 Å². The summed E-state index contributed by atoms with van der Waals surface area (Å²) in [6, 6.07) is 6.11. The molecule has 2 unspecified atom stereocenters. The average Bonchev–Trinajstić information content (AvgIpc) is 2.36. The average molecular weight is 220 g/mol. The smallest absolute Gasteiger partial charge is 0.128 e. The van der Waals surface area contributed by atoms with E-state index in [-0.39, 0.29) is 5.92 Å². The minimum absolute atomic E-state index is 0.275. The Labute approximate surface area is 97.3 Å². The van der Waals surface area contributed by atoms with Gasteiger partial charge >= 0.3 is 0 Å². The number of rotatable bonds is 3. The van der Waals surface area contributed by atoms with Crippen LogP contribution in [0.5, 0.6) is 5.75 Å². The summed E-state index contributed by atoms with van der Waals surface area (Å²) in [5.41, 5.74) is 2.21. The fraction of sp³-hybridized carbons (Fsp3) is 0.571. The van der Waals surface area contributed by atoms with Crippen LogP contribution < -0.4 is 4.74 Å². The van der Waals surface area contributed by atoms with Gasteiger partial charge in [-0.25, -0.2) is 0 Å². The summed E-state index contributed by atoms with van der Waals surface area (Å²) in [4.78, 5) is 0. The standard InChI is InChI=1S/C14H20O2/c1-3-10(2)13(15)12-8-4-6-11-7-5-9-16-14(11)12/h4,6,8,10,13,15H,3,5,7,9H2,1-2H3. The quantitative estimate of drug-likeness (QED) is 0.848. The molecule has 2 nitrogen and oxygen atoms in total. The number of aryl methyl sites for hydroxylation is 1. The Hall–Kier alpha value is -1.02. The molecule has 0 fully saturated rings. The number of aliphatic hydroxyl groups excluding tert-OH is 1. The zero-order valence-corrected chi connectivity index (χ0v) is 10.1. The first kappa shape index (κ1) is 11.5. The first-order chi connectivity index (χ1) is 7.74. The molecule has 1 aromatic rings. The number of benzene rings is 1. The van der Waals surface area contributed by atoms with Crippen molar-refractivity contribution in [3.8, 4) is 5.75 Å². The van der Waals surface area contributed by atoms with Gasteiger partial charge in [-0.1, -0.05) is 38.5 Å². The lowest BCUT2D eigenvalue weighted by molar-refractivity contribution is 0.110. The van der Waals surface area contributed by atoms with Crippen molar-refractivity contribution >= 4 is 0 Å². The van der Waals surface area contributed by atoms with E-state index in [1.165, 1.54) is 5.56 Å². The topological polar surface area (TPSA) is 29.5 Å². The second-order valence-corrected chi connectivity index (χ2v) is 4.62. The lowest BCUT2D eigenvalue weighted by atomic mass is 9.92. The molecule has 1 N–H and O–H groups in total. The van der Waals surface area contributed by atoms with Gasteiger partial charge in [-0.2, -0.15) is 0 Å². The molecule has 0 radical (unpaired) electrons. The monoisotopic (exact) mass is 220 g/mol. The fourth-order valence-electron chi connectivity index (χ4n) is 2.18. The fourth-order valence-corrected chi connectivity index (χ4v) is 2.18. The van der Waals surface area contributed by atoms with Crippen LogP contribution in [0.3, 0.4) is 0 Å². The highest BCUT2D eigenvalue weighted by Crippen LogP contribution is 2.36. The van der Waals surface area contributed by atoms with Crippen molar-refractivity contribution in [1.82, 2.24) is 0 Å². The predicted octanol–water partition coefficient (Wildman–Crippen LogP) is 3.09. The minimum atomic E-state index is -0.405. The van der Waals surface area contributed by atoms with Crippen LogP contribution in [0.15, 0.2) is 18.2 Å². The van der Waals surface area contributed by atoms with Crippen LogP contribution in [0.25, 0.3) is 0 Å². The van der Waals surface area contributed by atoms with Gasteiger partial charge in [0.25, 0.3) is 0 Å². The van der Waals surface area contributed by atoms with E-state index in [2.05, 4.69) is 19.9 Å². The normalized spacial score (nSPS) is 18.4. The van der Waals surface area contributed by atoms with Crippen molar-refractivity contribution in [3.63, 3.8) is 0 Å².